The van der Waals surface area contributed by atoms with Gasteiger partial charge in [0.25, 0.3) is 0 Å². The van der Waals surface area contributed by atoms with Crippen LogP contribution >= 0.6 is 0 Å². The van der Waals surface area contributed by atoms with Crippen molar-refractivity contribution >= 4 is 17.5 Å². The van der Waals surface area contributed by atoms with Gasteiger partial charge in [0.05, 0.1) is 12.3 Å². The molecule has 1 aromatic carbocycles. The first kappa shape index (κ1) is 15.2. The molecule has 1 aromatic rings. The van der Waals surface area contributed by atoms with Gasteiger partial charge in [-0.2, -0.15) is 0 Å². The van der Waals surface area contributed by atoms with Crippen molar-refractivity contribution in [2.75, 3.05) is 18.9 Å². The Morgan fingerprint density at radius 1 is 1.32 bits per heavy atom. The number of para-hydroxylation sites is 1. The number of carbonyl (C=O) groups excluding carboxylic acids is 2. The lowest BCUT2D eigenvalue weighted by Crippen LogP contribution is -2.29. The number of hydrogen-bond donors (Lipinski definition) is 3. The van der Waals surface area contributed by atoms with Gasteiger partial charge in [-0.05, 0) is 18.1 Å². The molecule has 2 amide bonds. The number of likely N-dealkylation sites (N-methyl/N-ethyl adjacent to an activating group) is 1. The monoisotopic (exact) mass is 263 g/mol. The van der Waals surface area contributed by atoms with E-state index in [0.717, 1.165) is 5.56 Å². The van der Waals surface area contributed by atoms with E-state index >= 15 is 0 Å². The van der Waals surface area contributed by atoms with E-state index in [9.17, 15) is 9.59 Å². The Labute approximate surface area is 113 Å². The number of hydrogen-bond acceptors (Lipinski definition) is 3. The first-order chi connectivity index (χ1) is 9.12. The van der Waals surface area contributed by atoms with Crippen molar-refractivity contribution in [1.82, 2.24) is 5.32 Å². The van der Waals surface area contributed by atoms with Crippen LogP contribution in [0.15, 0.2) is 24.3 Å². The van der Waals surface area contributed by atoms with Gasteiger partial charge >= 0.3 is 0 Å². The summed E-state index contributed by atoms with van der Waals surface area (Å²) in [7, 11) is 1.59. The number of nitrogens with one attached hydrogen (secondary N) is 2. The van der Waals surface area contributed by atoms with E-state index in [0.29, 0.717) is 18.7 Å². The Bertz CT molecular complexity index is 442. The van der Waals surface area contributed by atoms with Gasteiger partial charge < -0.3 is 16.4 Å². The molecule has 0 saturated carbocycles. The Morgan fingerprint density at radius 2 is 2.00 bits per heavy atom. The molecule has 0 bridgehead atoms. The Hall–Kier alpha value is -1.88. The van der Waals surface area contributed by atoms with Crippen molar-refractivity contribution in [1.29, 1.82) is 0 Å². The molecule has 0 aliphatic rings. The van der Waals surface area contributed by atoms with Crippen molar-refractivity contribution in [3.05, 3.63) is 29.8 Å². The first-order valence-electron chi connectivity index (χ1n) is 6.41. The highest BCUT2D eigenvalue weighted by molar-refractivity contribution is 5.94. The van der Waals surface area contributed by atoms with Crippen LogP contribution in [-0.2, 0) is 16.0 Å². The van der Waals surface area contributed by atoms with Gasteiger partial charge in [-0.25, -0.2) is 0 Å². The minimum atomic E-state index is -0.201. The van der Waals surface area contributed by atoms with Gasteiger partial charge in [-0.3, -0.25) is 9.59 Å². The summed E-state index contributed by atoms with van der Waals surface area (Å²) in [6, 6.07) is 7.29. The fourth-order valence-corrected chi connectivity index (χ4v) is 1.75. The van der Waals surface area contributed by atoms with E-state index in [1.165, 1.54) is 0 Å². The lowest BCUT2D eigenvalue weighted by atomic mass is 10.0. The molecule has 0 aliphatic carbocycles. The molecule has 0 radical (unpaired) electrons. The Kier molecular flexibility index (Phi) is 6.02. The number of benzene rings is 1. The molecule has 5 nitrogen and oxygen atoms in total. The summed E-state index contributed by atoms with van der Waals surface area (Å²) >= 11 is 0. The van der Waals surface area contributed by atoms with E-state index in [4.69, 9.17) is 5.73 Å². The molecule has 1 atom stereocenters. The minimum Gasteiger partial charge on any atom is -0.359 e. The number of rotatable bonds is 6. The van der Waals surface area contributed by atoms with Gasteiger partial charge in [0.2, 0.25) is 11.8 Å². The third-order valence-corrected chi connectivity index (χ3v) is 3.05. The lowest BCUT2D eigenvalue weighted by Gasteiger charge is -2.15. The predicted molar refractivity (Wildman–Crippen MR) is 75.7 cm³/mol. The zero-order valence-corrected chi connectivity index (χ0v) is 11.4. The summed E-state index contributed by atoms with van der Waals surface area (Å²) in [5.41, 5.74) is 7.02. The molecule has 4 N–H and O–H groups in total. The van der Waals surface area contributed by atoms with Crippen LogP contribution in [0.5, 0.6) is 0 Å². The summed E-state index contributed by atoms with van der Waals surface area (Å²) in [5, 5.41) is 5.41. The van der Waals surface area contributed by atoms with Crippen LogP contribution in [0.3, 0.4) is 0 Å². The van der Waals surface area contributed by atoms with Crippen LogP contribution in [-0.4, -0.2) is 25.4 Å². The highest BCUT2D eigenvalue weighted by Crippen LogP contribution is 2.17. The quantitative estimate of drug-likeness (QED) is 0.713. The topological polar surface area (TPSA) is 84.2 Å². The fraction of sp³-hybridized carbons (Fsp3) is 0.429. The van der Waals surface area contributed by atoms with Crippen molar-refractivity contribution < 1.29 is 9.59 Å². The fourth-order valence-electron chi connectivity index (χ4n) is 1.75. The maximum absolute atomic E-state index is 12.0. The van der Waals surface area contributed by atoms with Crippen LogP contribution in [0, 0.1) is 5.92 Å². The van der Waals surface area contributed by atoms with Crippen molar-refractivity contribution in [2.45, 2.75) is 19.8 Å². The largest absolute Gasteiger partial charge is 0.359 e. The van der Waals surface area contributed by atoms with Gasteiger partial charge in [0, 0.05) is 19.3 Å². The lowest BCUT2D eigenvalue weighted by molar-refractivity contribution is -0.120. The molecule has 0 saturated heterocycles. The third kappa shape index (κ3) is 4.37. The second-order valence-corrected chi connectivity index (χ2v) is 4.34. The van der Waals surface area contributed by atoms with Crippen molar-refractivity contribution in [3.63, 3.8) is 0 Å². The van der Waals surface area contributed by atoms with E-state index in [-0.39, 0.29) is 24.2 Å². The average Bonchev–Trinajstić information content (AvgIpc) is 2.42. The van der Waals surface area contributed by atoms with Gasteiger partial charge in [-0.1, -0.05) is 25.1 Å². The zero-order chi connectivity index (χ0) is 14.3. The van der Waals surface area contributed by atoms with Gasteiger partial charge in [-0.15, -0.1) is 0 Å². The standard InChI is InChI=1S/C14H21N3O2/c1-3-10(9-15)14(19)17-12-7-5-4-6-11(12)8-13(18)16-2/h4-7,10H,3,8-9,15H2,1-2H3,(H,16,18)(H,17,19). The molecule has 0 fully saturated rings. The second kappa shape index (κ2) is 7.53. The summed E-state index contributed by atoms with van der Waals surface area (Å²) < 4.78 is 0. The highest BCUT2D eigenvalue weighted by atomic mass is 16.2. The second-order valence-electron chi connectivity index (χ2n) is 4.34. The molecule has 0 aromatic heterocycles. The molecular formula is C14H21N3O2. The van der Waals surface area contributed by atoms with E-state index in [1.54, 1.807) is 13.1 Å². The van der Waals surface area contributed by atoms with Crippen LogP contribution < -0.4 is 16.4 Å². The summed E-state index contributed by atoms with van der Waals surface area (Å²) in [6.07, 6.45) is 0.937. The molecular weight excluding hydrogens is 242 g/mol. The minimum absolute atomic E-state index is 0.0902. The molecule has 104 valence electrons. The molecule has 19 heavy (non-hydrogen) atoms. The number of carbonyl (C=O) groups is 2. The van der Waals surface area contributed by atoms with Crippen molar-refractivity contribution in [3.8, 4) is 0 Å². The SMILES string of the molecule is CCC(CN)C(=O)Nc1ccccc1CC(=O)NC. The third-order valence-electron chi connectivity index (χ3n) is 3.05. The van der Waals surface area contributed by atoms with Crippen LogP contribution in [0.25, 0.3) is 0 Å². The normalized spacial score (nSPS) is 11.7. The molecule has 0 heterocycles. The predicted octanol–water partition coefficient (Wildman–Crippen LogP) is 0.898. The summed E-state index contributed by atoms with van der Waals surface area (Å²) in [4.78, 5) is 23.4. The number of amides is 2. The molecule has 0 aliphatic heterocycles. The Morgan fingerprint density at radius 3 is 2.58 bits per heavy atom. The van der Waals surface area contributed by atoms with Gasteiger partial charge in [0.1, 0.15) is 0 Å². The molecule has 1 unspecified atom stereocenters. The van der Waals surface area contributed by atoms with E-state index in [1.807, 2.05) is 25.1 Å². The van der Waals surface area contributed by atoms with E-state index < -0.39 is 0 Å². The summed E-state index contributed by atoms with van der Waals surface area (Å²) in [6.45, 7) is 2.24. The first-order valence-corrected chi connectivity index (χ1v) is 6.41. The van der Waals surface area contributed by atoms with Crippen molar-refractivity contribution in [2.24, 2.45) is 11.7 Å². The Balaban J connectivity index is 2.83. The smallest absolute Gasteiger partial charge is 0.228 e. The number of anilines is 1. The van der Waals surface area contributed by atoms with Gasteiger partial charge in [0.15, 0.2) is 0 Å². The van der Waals surface area contributed by atoms with Crippen LogP contribution in [0.4, 0.5) is 5.69 Å². The molecule has 1 rings (SSSR count). The van der Waals surface area contributed by atoms with E-state index in [2.05, 4.69) is 10.6 Å². The maximum Gasteiger partial charge on any atom is 0.228 e. The van der Waals surface area contributed by atoms with Crippen LogP contribution in [0.1, 0.15) is 18.9 Å². The molecule has 0 spiro atoms. The highest BCUT2D eigenvalue weighted by Gasteiger charge is 2.16. The molecule has 5 heteroatoms. The number of nitrogens with two attached hydrogens (primary N) is 1. The summed E-state index contributed by atoms with van der Waals surface area (Å²) in [5.74, 6) is -0.394. The zero-order valence-electron chi connectivity index (χ0n) is 11.4. The maximum atomic E-state index is 12.0. The average molecular weight is 263 g/mol. The van der Waals surface area contributed by atoms with Crippen LogP contribution in [0.2, 0.25) is 0 Å².